The van der Waals surface area contributed by atoms with E-state index in [1.165, 1.54) is 0 Å². The molecule has 2 aliphatic heterocycles. The summed E-state index contributed by atoms with van der Waals surface area (Å²) >= 11 is 18.5. The topological polar surface area (TPSA) is 51.2 Å². The number of nitrogens with zero attached hydrogens (tertiary/aromatic N) is 4. The molecule has 0 bridgehead atoms. The summed E-state index contributed by atoms with van der Waals surface area (Å²) in [4.78, 5) is 22.9. The number of halogens is 3. The number of para-hydroxylation sites is 1. The molecule has 0 unspecified atom stereocenters. The molecule has 3 aromatic rings. The fourth-order valence-electron chi connectivity index (χ4n) is 4.12. The van der Waals surface area contributed by atoms with E-state index in [4.69, 9.17) is 39.8 Å². The molecule has 174 valence electrons. The summed E-state index contributed by atoms with van der Waals surface area (Å²) in [5, 5.41) is 3.04. The van der Waals surface area contributed by atoms with Crippen molar-refractivity contribution in [1.29, 1.82) is 0 Å². The minimum Gasteiger partial charge on any atom is -0.353 e. The highest BCUT2D eigenvalue weighted by Gasteiger charge is 2.29. The zero-order valence-corrected chi connectivity index (χ0v) is 20.7. The van der Waals surface area contributed by atoms with Crippen LogP contribution in [0.5, 0.6) is 0 Å². The molecule has 1 fully saturated rings. The Kier molecular flexibility index (Phi) is 6.40. The zero-order valence-electron chi connectivity index (χ0n) is 18.4. The molecular weight excluding hydrogens is 493 g/mol. The van der Waals surface area contributed by atoms with Crippen LogP contribution < -0.4 is 10.4 Å². The van der Waals surface area contributed by atoms with Crippen molar-refractivity contribution >= 4 is 63.6 Å². The number of rotatable bonds is 2. The number of hydrogen-bond acceptors (Lipinski definition) is 5. The van der Waals surface area contributed by atoms with E-state index in [1.807, 2.05) is 36.4 Å². The number of fused-ring (bicyclic) bond motifs is 2. The molecule has 0 radical (unpaired) electrons. The van der Waals surface area contributed by atoms with Crippen LogP contribution in [0.3, 0.4) is 0 Å². The van der Waals surface area contributed by atoms with E-state index in [9.17, 15) is 4.79 Å². The van der Waals surface area contributed by atoms with Gasteiger partial charge in [0.2, 0.25) is 0 Å². The first-order valence-electron chi connectivity index (χ1n) is 10.9. The fourth-order valence-corrected chi connectivity index (χ4v) is 4.58. The Balaban J connectivity index is 1.60. The summed E-state index contributed by atoms with van der Waals surface area (Å²) in [6, 6.07) is 18.2. The molecule has 6 nitrogen and oxygen atoms in total. The quantitative estimate of drug-likeness (QED) is 0.472. The van der Waals surface area contributed by atoms with Crippen LogP contribution in [0.4, 0.5) is 17.1 Å². The largest absolute Gasteiger partial charge is 0.353 e. The van der Waals surface area contributed by atoms with Crippen LogP contribution in [0.2, 0.25) is 15.1 Å². The molecule has 1 N–H and O–H groups in total. The third-order valence-electron chi connectivity index (χ3n) is 5.99. The van der Waals surface area contributed by atoms with E-state index < -0.39 is 0 Å². The number of amidine groups is 1. The lowest BCUT2D eigenvalue weighted by Gasteiger charge is -2.35. The van der Waals surface area contributed by atoms with Gasteiger partial charge in [-0.1, -0.05) is 46.9 Å². The lowest BCUT2D eigenvalue weighted by Crippen LogP contribution is -2.47. The lowest BCUT2D eigenvalue weighted by atomic mass is 10.1. The van der Waals surface area contributed by atoms with Crippen molar-refractivity contribution in [2.75, 3.05) is 38.2 Å². The maximum absolute atomic E-state index is 13.3. The fraction of sp³-hybridized carbons (Fsp3) is 0.200. The number of likely N-dealkylation sites (N-methyl/N-ethyl adjacent to an activating group) is 1. The Morgan fingerprint density at radius 1 is 0.882 bits per heavy atom. The first-order valence-corrected chi connectivity index (χ1v) is 12.0. The Morgan fingerprint density at radius 3 is 2.41 bits per heavy atom. The minimum absolute atomic E-state index is 0.318. The summed E-state index contributed by atoms with van der Waals surface area (Å²) in [5.41, 5.74) is 6.56. The second-order valence-electron chi connectivity index (χ2n) is 8.28. The van der Waals surface area contributed by atoms with Gasteiger partial charge in [0, 0.05) is 42.3 Å². The van der Waals surface area contributed by atoms with Crippen molar-refractivity contribution in [3.63, 3.8) is 0 Å². The smallest absolute Gasteiger partial charge is 0.270 e. The van der Waals surface area contributed by atoms with Gasteiger partial charge in [0.05, 0.1) is 27.1 Å². The number of aliphatic imine (C=N–C) groups is 1. The summed E-state index contributed by atoms with van der Waals surface area (Å²) in [6.07, 6.45) is 0. The van der Waals surface area contributed by atoms with Crippen LogP contribution in [0.25, 0.3) is 0 Å². The average Bonchev–Trinajstić information content (AvgIpc) is 2.96. The summed E-state index contributed by atoms with van der Waals surface area (Å²) < 4.78 is 0. The number of hydrogen-bond donors (Lipinski definition) is 1. The van der Waals surface area contributed by atoms with Crippen LogP contribution in [0, 0.1) is 0 Å². The van der Waals surface area contributed by atoms with Crippen molar-refractivity contribution in [2.24, 2.45) is 4.99 Å². The van der Waals surface area contributed by atoms with Crippen LogP contribution in [-0.4, -0.2) is 54.8 Å². The van der Waals surface area contributed by atoms with Gasteiger partial charge in [0.15, 0.2) is 0 Å². The second-order valence-corrected chi connectivity index (χ2v) is 9.53. The lowest BCUT2D eigenvalue weighted by molar-refractivity contribution is 0.0954. The zero-order chi connectivity index (χ0) is 23.8. The van der Waals surface area contributed by atoms with E-state index in [0.717, 1.165) is 49.0 Å². The van der Waals surface area contributed by atoms with Gasteiger partial charge in [0.1, 0.15) is 5.84 Å². The highest BCUT2D eigenvalue weighted by molar-refractivity contribution is 6.42. The Hall–Kier alpha value is -2.77. The molecule has 0 aliphatic carbocycles. The van der Waals surface area contributed by atoms with Gasteiger partial charge in [-0.05, 0) is 55.6 Å². The average molecular weight is 515 g/mol. The predicted octanol–water partition coefficient (Wildman–Crippen LogP) is 5.77. The van der Waals surface area contributed by atoms with E-state index in [-0.39, 0.29) is 5.91 Å². The molecular formula is C25H22Cl3N5O. The summed E-state index contributed by atoms with van der Waals surface area (Å²) in [6.45, 7) is 3.60. The van der Waals surface area contributed by atoms with E-state index >= 15 is 0 Å². The Bertz CT molecular complexity index is 1290. The van der Waals surface area contributed by atoms with E-state index in [2.05, 4.69) is 22.3 Å². The van der Waals surface area contributed by atoms with Crippen molar-refractivity contribution in [1.82, 2.24) is 15.2 Å². The highest BCUT2D eigenvalue weighted by atomic mass is 35.5. The number of amides is 1. The number of carbonyl (C=O) groups is 1. The number of piperazine rings is 1. The number of nitrogens with one attached hydrogen (secondary N) is 1. The molecule has 2 aliphatic rings. The number of benzene rings is 3. The standard InChI is InChI=1S/C25H22Cl3N5O/c1-31-10-12-32(13-11-31)24-18-4-2-3-5-22(18)33(23-9-7-17(26)15-21(23)29-24)30-25(34)16-6-8-19(27)20(28)14-16/h2-9,14-15H,10-13H2,1H3,(H,30,34). The van der Waals surface area contributed by atoms with Crippen LogP contribution in [-0.2, 0) is 0 Å². The third-order valence-corrected chi connectivity index (χ3v) is 6.96. The van der Waals surface area contributed by atoms with Crippen LogP contribution >= 0.6 is 34.8 Å². The van der Waals surface area contributed by atoms with Crippen molar-refractivity contribution in [3.8, 4) is 0 Å². The predicted molar refractivity (Wildman–Crippen MR) is 139 cm³/mol. The van der Waals surface area contributed by atoms with E-state index in [1.54, 1.807) is 29.3 Å². The summed E-state index contributed by atoms with van der Waals surface area (Å²) in [5.74, 6) is 0.538. The SMILES string of the molecule is CN1CCN(C2=Nc3cc(Cl)ccc3N(NC(=O)c3ccc(Cl)c(Cl)c3)c3ccccc32)CC1. The van der Waals surface area contributed by atoms with Crippen molar-refractivity contribution in [3.05, 3.63) is 86.9 Å². The Labute approximate surface area is 213 Å². The van der Waals surface area contributed by atoms with Crippen LogP contribution in [0.15, 0.2) is 65.7 Å². The van der Waals surface area contributed by atoms with Gasteiger partial charge < -0.3 is 9.80 Å². The van der Waals surface area contributed by atoms with Crippen molar-refractivity contribution in [2.45, 2.75) is 0 Å². The maximum Gasteiger partial charge on any atom is 0.270 e. The second kappa shape index (κ2) is 9.47. The molecule has 3 aromatic carbocycles. The van der Waals surface area contributed by atoms with Gasteiger partial charge >= 0.3 is 0 Å². The minimum atomic E-state index is -0.322. The molecule has 34 heavy (non-hydrogen) atoms. The molecule has 1 saturated heterocycles. The highest BCUT2D eigenvalue weighted by Crippen LogP contribution is 2.40. The molecule has 5 rings (SSSR count). The molecule has 9 heteroatoms. The van der Waals surface area contributed by atoms with Crippen LogP contribution in [0.1, 0.15) is 15.9 Å². The molecule has 0 spiro atoms. The van der Waals surface area contributed by atoms with E-state index in [0.29, 0.717) is 26.3 Å². The summed E-state index contributed by atoms with van der Waals surface area (Å²) in [7, 11) is 2.12. The molecule has 0 aromatic heterocycles. The molecule has 1 amide bonds. The monoisotopic (exact) mass is 513 g/mol. The number of anilines is 2. The van der Waals surface area contributed by atoms with Gasteiger partial charge in [-0.2, -0.15) is 0 Å². The van der Waals surface area contributed by atoms with Crippen molar-refractivity contribution < 1.29 is 4.79 Å². The van der Waals surface area contributed by atoms with Gasteiger partial charge in [-0.3, -0.25) is 15.2 Å². The number of hydrazine groups is 1. The number of carbonyl (C=O) groups excluding carboxylic acids is 1. The first kappa shape index (κ1) is 23.0. The normalized spacial score (nSPS) is 15.8. The van der Waals surface area contributed by atoms with Gasteiger partial charge in [-0.25, -0.2) is 4.99 Å². The third kappa shape index (κ3) is 4.46. The van der Waals surface area contributed by atoms with Gasteiger partial charge in [-0.15, -0.1) is 0 Å². The Morgan fingerprint density at radius 2 is 1.65 bits per heavy atom. The molecule has 0 saturated carbocycles. The molecule has 0 atom stereocenters. The molecule has 2 heterocycles. The van der Waals surface area contributed by atoms with Gasteiger partial charge in [0.25, 0.3) is 5.91 Å². The maximum atomic E-state index is 13.3. The first-order chi connectivity index (χ1) is 16.4.